The minimum Gasteiger partial charge on any atom is -0.368 e. The number of anilines is 5. The lowest BCUT2D eigenvalue weighted by Crippen LogP contribution is -2.48. The van der Waals surface area contributed by atoms with Crippen molar-refractivity contribution in [1.29, 1.82) is 0 Å². The second-order valence-electron chi connectivity index (χ2n) is 11.5. The van der Waals surface area contributed by atoms with Crippen molar-refractivity contribution in [2.24, 2.45) is 5.41 Å². The van der Waals surface area contributed by atoms with Gasteiger partial charge < -0.3 is 20.4 Å². The van der Waals surface area contributed by atoms with Crippen LogP contribution in [0, 0.1) is 12.3 Å². The number of sulfone groups is 1. The van der Waals surface area contributed by atoms with Crippen LogP contribution in [0.15, 0.2) is 59.6 Å². The van der Waals surface area contributed by atoms with E-state index in [4.69, 9.17) is 0 Å². The van der Waals surface area contributed by atoms with E-state index in [9.17, 15) is 13.2 Å². The Morgan fingerprint density at radius 3 is 2.33 bits per heavy atom. The lowest BCUT2D eigenvalue weighted by Gasteiger charge is -2.36. The molecule has 2 heterocycles. The first-order valence-electron chi connectivity index (χ1n) is 13.8. The number of nitrogens with zero attached hydrogens (tertiary/aromatic N) is 4. The third kappa shape index (κ3) is 7.71. The molecule has 1 aliphatic rings. The third-order valence-electron chi connectivity index (χ3n) is 6.64. The molecule has 0 spiro atoms. The normalized spacial score (nSPS) is 14.2. The van der Waals surface area contributed by atoms with E-state index in [0.29, 0.717) is 23.9 Å². The fraction of sp³-hybridized carbons (Fsp3) is 0.433. The summed E-state index contributed by atoms with van der Waals surface area (Å²) in [6, 6.07) is 14.9. The van der Waals surface area contributed by atoms with Crippen LogP contribution < -0.4 is 15.5 Å². The van der Waals surface area contributed by atoms with Gasteiger partial charge in [-0.3, -0.25) is 4.79 Å². The standard InChI is InChI=1S/C30H40N6O3S/c1-6-8-27(37)36-17-15-35(16-18-36)25-13-11-23(12-14-25)33-29-31-20-22(2)28(34-29)32-24-9-7-10-26(19-24)40(38,39)21-30(3,4)5/h7,9-14,19-20H,6,8,15-18,21H2,1-5H3,(H2,31,32,33,34). The summed E-state index contributed by atoms with van der Waals surface area (Å²) >= 11 is 0. The number of carbonyl (C=O) groups is 1. The monoisotopic (exact) mass is 564 g/mol. The lowest BCUT2D eigenvalue weighted by atomic mass is 10.0. The molecule has 2 N–H and O–H groups in total. The minimum atomic E-state index is -3.42. The van der Waals surface area contributed by atoms with Crippen LogP contribution in [-0.2, 0) is 14.6 Å². The number of benzene rings is 2. The average Bonchev–Trinajstić information content (AvgIpc) is 2.90. The van der Waals surface area contributed by atoms with E-state index >= 15 is 0 Å². The van der Waals surface area contributed by atoms with Gasteiger partial charge in [0, 0.05) is 61.4 Å². The molecule has 40 heavy (non-hydrogen) atoms. The van der Waals surface area contributed by atoms with Gasteiger partial charge in [-0.25, -0.2) is 13.4 Å². The van der Waals surface area contributed by atoms with Crippen molar-refractivity contribution in [3.8, 4) is 0 Å². The van der Waals surface area contributed by atoms with Crippen LogP contribution in [0.5, 0.6) is 0 Å². The number of rotatable bonds is 9. The van der Waals surface area contributed by atoms with E-state index in [1.54, 1.807) is 24.4 Å². The van der Waals surface area contributed by atoms with E-state index in [2.05, 4.69) is 37.6 Å². The summed E-state index contributed by atoms with van der Waals surface area (Å²) in [6.07, 6.45) is 3.22. The molecule has 9 nitrogen and oxygen atoms in total. The van der Waals surface area contributed by atoms with Gasteiger partial charge in [0.2, 0.25) is 11.9 Å². The van der Waals surface area contributed by atoms with Gasteiger partial charge in [0.15, 0.2) is 9.84 Å². The van der Waals surface area contributed by atoms with Gasteiger partial charge >= 0.3 is 0 Å². The molecule has 214 valence electrons. The zero-order chi connectivity index (χ0) is 28.9. The Morgan fingerprint density at radius 1 is 0.975 bits per heavy atom. The number of piperazine rings is 1. The van der Waals surface area contributed by atoms with Crippen molar-refractivity contribution in [2.75, 3.05) is 47.5 Å². The number of aryl methyl sites for hydroxylation is 1. The van der Waals surface area contributed by atoms with Gasteiger partial charge in [-0.15, -0.1) is 0 Å². The summed E-state index contributed by atoms with van der Waals surface area (Å²) in [4.78, 5) is 25.8. The molecule has 0 bridgehead atoms. The van der Waals surface area contributed by atoms with Crippen LogP contribution in [0.2, 0.25) is 0 Å². The SMILES string of the molecule is CCCC(=O)N1CCN(c2ccc(Nc3ncc(C)c(Nc4cccc(S(=O)(=O)CC(C)(C)C)c4)n3)cc2)CC1. The van der Waals surface area contributed by atoms with Crippen molar-refractivity contribution in [3.05, 3.63) is 60.3 Å². The Bertz CT molecular complexity index is 1430. The van der Waals surface area contributed by atoms with Gasteiger partial charge in [-0.05, 0) is 61.2 Å². The molecule has 1 aliphatic heterocycles. The van der Waals surface area contributed by atoms with Crippen molar-refractivity contribution in [2.45, 2.75) is 52.4 Å². The molecule has 1 amide bonds. The predicted octanol–water partition coefficient (Wildman–Crippen LogP) is 5.54. The Kier molecular flexibility index (Phi) is 8.98. The van der Waals surface area contributed by atoms with Crippen LogP contribution in [-0.4, -0.2) is 61.1 Å². The van der Waals surface area contributed by atoms with Crippen LogP contribution in [0.1, 0.15) is 46.1 Å². The molecule has 0 atom stereocenters. The molecule has 1 fully saturated rings. The topological polar surface area (TPSA) is 108 Å². The van der Waals surface area contributed by atoms with Crippen LogP contribution in [0.25, 0.3) is 0 Å². The molecular weight excluding hydrogens is 524 g/mol. The second-order valence-corrected chi connectivity index (χ2v) is 13.5. The van der Waals surface area contributed by atoms with E-state index < -0.39 is 9.84 Å². The molecule has 1 aromatic heterocycles. The van der Waals surface area contributed by atoms with Gasteiger partial charge in [0.1, 0.15) is 5.82 Å². The number of hydrogen-bond donors (Lipinski definition) is 2. The highest BCUT2D eigenvalue weighted by Crippen LogP contribution is 2.27. The van der Waals surface area contributed by atoms with E-state index in [-0.39, 0.29) is 22.0 Å². The quantitative estimate of drug-likeness (QED) is 0.349. The van der Waals surface area contributed by atoms with Crippen LogP contribution >= 0.6 is 0 Å². The Labute approximate surface area is 237 Å². The maximum absolute atomic E-state index is 12.9. The number of carbonyl (C=O) groups excluding carboxylic acids is 1. The smallest absolute Gasteiger partial charge is 0.229 e. The molecule has 4 rings (SSSR count). The van der Waals surface area contributed by atoms with Crippen molar-refractivity contribution in [1.82, 2.24) is 14.9 Å². The summed E-state index contributed by atoms with van der Waals surface area (Å²) in [5.74, 6) is 1.33. The summed E-state index contributed by atoms with van der Waals surface area (Å²) in [7, 11) is -3.42. The maximum Gasteiger partial charge on any atom is 0.229 e. The van der Waals surface area contributed by atoms with Gasteiger partial charge in [-0.2, -0.15) is 4.98 Å². The summed E-state index contributed by atoms with van der Waals surface area (Å²) in [6.45, 7) is 12.8. The summed E-state index contributed by atoms with van der Waals surface area (Å²) < 4.78 is 25.8. The average molecular weight is 565 g/mol. The first-order chi connectivity index (χ1) is 18.9. The van der Waals surface area contributed by atoms with Crippen molar-refractivity contribution in [3.63, 3.8) is 0 Å². The molecule has 0 unspecified atom stereocenters. The zero-order valence-electron chi connectivity index (χ0n) is 24.1. The van der Waals surface area contributed by atoms with Crippen molar-refractivity contribution >= 4 is 44.6 Å². The molecule has 1 saturated heterocycles. The Hall–Kier alpha value is -3.66. The molecule has 10 heteroatoms. The zero-order valence-corrected chi connectivity index (χ0v) is 24.9. The molecule has 0 aliphatic carbocycles. The Balaban J connectivity index is 1.41. The molecule has 2 aromatic carbocycles. The highest BCUT2D eigenvalue weighted by molar-refractivity contribution is 7.91. The highest BCUT2D eigenvalue weighted by Gasteiger charge is 2.24. The molecule has 3 aromatic rings. The van der Waals surface area contributed by atoms with Gasteiger partial charge in [-0.1, -0.05) is 33.8 Å². The summed E-state index contributed by atoms with van der Waals surface area (Å²) in [5.41, 5.74) is 3.10. The van der Waals surface area contributed by atoms with Gasteiger partial charge in [0.05, 0.1) is 10.6 Å². The predicted molar refractivity (Wildman–Crippen MR) is 161 cm³/mol. The Morgan fingerprint density at radius 2 is 1.68 bits per heavy atom. The number of hydrogen-bond acceptors (Lipinski definition) is 8. The molecule has 0 saturated carbocycles. The summed E-state index contributed by atoms with van der Waals surface area (Å²) in [5, 5.41) is 6.51. The fourth-order valence-electron chi connectivity index (χ4n) is 4.66. The van der Waals surface area contributed by atoms with Crippen LogP contribution in [0.4, 0.5) is 28.8 Å². The maximum atomic E-state index is 12.9. The minimum absolute atomic E-state index is 0.0671. The van der Waals surface area contributed by atoms with Crippen molar-refractivity contribution < 1.29 is 13.2 Å². The van der Waals surface area contributed by atoms with E-state index in [1.165, 1.54) is 0 Å². The largest absolute Gasteiger partial charge is 0.368 e. The first-order valence-corrected chi connectivity index (χ1v) is 15.4. The van der Waals surface area contributed by atoms with Crippen LogP contribution in [0.3, 0.4) is 0 Å². The molecule has 0 radical (unpaired) electrons. The second kappa shape index (κ2) is 12.2. The van der Waals surface area contributed by atoms with E-state index in [1.807, 2.05) is 57.7 Å². The number of amides is 1. The fourth-order valence-corrected chi connectivity index (χ4v) is 6.56. The van der Waals surface area contributed by atoms with E-state index in [0.717, 1.165) is 49.5 Å². The molecular formula is C30H40N6O3S. The van der Waals surface area contributed by atoms with Gasteiger partial charge in [0.25, 0.3) is 0 Å². The first kappa shape index (κ1) is 29.3. The lowest BCUT2D eigenvalue weighted by molar-refractivity contribution is -0.131. The third-order valence-corrected chi connectivity index (χ3v) is 8.85. The highest BCUT2D eigenvalue weighted by atomic mass is 32.2. The number of aromatic nitrogens is 2. The number of nitrogens with one attached hydrogen (secondary N) is 2.